The first-order chi connectivity index (χ1) is 22.6. The van der Waals surface area contributed by atoms with Crippen molar-refractivity contribution < 1.29 is 23.9 Å². The van der Waals surface area contributed by atoms with E-state index in [0.717, 1.165) is 37.1 Å². The summed E-state index contributed by atoms with van der Waals surface area (Å²) in [6.07, 6.45) is 5.21. The van der Waals surface area contributed by atoms with E-state index in [0.29, 0.717) is 78.5 Å². The number of piperidine rings is 1. The molecule has 0 bridgehead atoms. The molecule has 0 unspecified atom stereocenters. The van der Waals surface area contributed by atoms with Crippen molar-refractivity contribution in [3.05, 3.63) is 58.3 Å². The molecule has 2 aliphatic rings. The number of anilines is 1. The van der Waals surface area contributed by atoms with Crippen molar-refractivity contribution in [1.82, 2.24) is 30.1 Å². The van der Waals surface area contributed by atoms with Crippen molar-refractivity contribution in [3.63, 3.8) is 0 Å². The molecule has 5 rings (SSSR count). The molecule has 3 N–H and O–H groups in total. The molecule has 15 heteroatoms. The van der Waals surface area contributed by atoms with Crippen LogP contribution in [0.15, 0.2) is 42.7 Å². The number of amides is 3. The van der Waals surface area contributed by atoms with Gasteiger partial charge in [-0.2, -0.15) is 0 Å². The Bertz CT molecular complexity index is 1540. The number of pyridine rings is 1. The van der Waals surface area contributed by atoms with Crippen LogP contribution in [-0.4, -0.2) is 102 Å². The third kappa shape index (κ3) is 10.2. The fraction of sp³-hybridized carbons (Fsp3) is 0.438. The van der Waals surface area contributed by atoms with Gasteiger partial charge in [0.2, 0.25) is 29.5 Å². The second-order valence-corrected chi connectivity index (χ2v) is 12.5. The van der Waals surface area contributed by atoms with E-state index in [1.165, 1.54) is 0 Å². The molecule has 0 atom stereocenters. The molecule has 0 aliphatic carbocycles. The number of carbonyl (C=O) groups excluding carboxylic acids is 3. The van der Waals surface area contributed by atoms with Gasteiger partial charge in [0, 0.05) is 67.9 Å². The Hall–Kier alpha value is -4.04. The van der Waals surface area contributed by atoms with Crippen LogP contribution in [0.3, 0.4) is 0 Å². The number of hydrogen-bond donors (Lipinski definition) is 2. The second kappa shape index (κ2) is 16.2. The maximum Gasteiger partial charge on any atom is 0.248 e. The summed E-state index contributed by atoms with van der Waals surface area (Å²) in [5.74, 6) is 0.990. The normalized spacial score (nSPS) is 15.8. The highest BCUT2D eigenvalue weighted by Crippen LogP contribution is 2.31. The number of nitrogens with one attached hydrogen (secondary N) is 1. The van der Waals surface area contributed by atoms with Crippen LogP contribution in [0.25, 0.3) is 11.3 Å². The van der Waals surface area contributed by atoms with Gasteiger partial charge < -0.3 is 30.3 Å². The Morgan fingerprint density at radius 3 is 2.26 bits per heavy atom. The number of halogens is 2. The standard InChI is InChI=1S/C32H38Cl2N8O5/c1-21(43)36-15-22-2-4-40(5-3-22)18-23-10-28(24-12-25(33)14-26(34)13-24)39-30(11-23)47-27-16-37-32(38-17-27)42-8-6-41(7-9-42)31(45)20-46-19-29(35)44/h10-14,16-17,22H,2-9,15,18-20H2,1H3,(H2,35,44)(H,36,43). The average molecular weight is 686 g/mol. The van der Waals surface area contributed by atoms with Crippen molar-refractivity contribution >= 4 is 46.9 Å². The Kier molecular flexibility index (Phi) is 11.8. The SMILES string of the molecule is CC(=O)NCC1CCN(Cc2cc(Oc3cnc(N4CCN(C(=O)COCC(N)=O)CC4)nc3)nc(-c3cc(Cl)cc(Cl)c3)c2)CC1. The minimum absolute atomic E-state index is 0.00312. The maximum atomic E-state index is 12.3. The smallest absolute Gasteiger partial charge is 0.248 e. The van der Waals surface area contributed by atoms with Crippen LogP contribution in [-0.2, 0) is 25.7 Å². The topological polar surface area (TPSA) is 156 Å². The number of rotatable bonds is 12. The van der Waals surface area contributed by atoms with Gasteiger partial charge in [0.25, 0.3) is 0 Å². The summed E-state index contributed by atoms with van der Waals surface area (Å²) in [7, 11) is 0. The Morgan fingerprint density at radius 2 is 1.62 bits per heavy atom. The molecule has 250 valence electrons. The van der Waals surface area contributed by atoms with Crippen LogP contribution in [0.2, 0.25) is 10.0 Å². The first-order valence-corrected chi connectivity index (χ1v) is 16.2. The lowest BCUT2D eigenvalue weighted by molar-refractivity contribution is -0.138. The summed E-state index contributed by atoms with van der Waals surface area (Å²) >= 11 is 12.6. The molecular weight excluding hydrogens is 647 g/mol. The summed E-state index contributed by atoms with van der Waals surface area (Å²) in [5, 5.41) is 3.95. The minimum atomic E-state index is -0.616. The number of aromatic nitrogens is 3. The number of carbonyl (C=O) groups is 3. The molecule has 3 amide bonds. The number of hydrogen-bond acceptors (Lipinski definition) is 10. The molecule has 1 aromatic carbocycles. The van der Waals surface area contributed by atoms with Gasteiger partial charge in [-0.25, -0.2) is 15.0 Å². The van der Waals surface area contributed by atoms with E-state index in [2.05, 4.69) is 20.2 Å². The second-order valence-electron chi connectivity index (χ2n) is 11.7. The number of likely N-dealkylation sites (tertiary alicyclic amines) is 1. The van der Waals surface area contributed by atoms with Gasteiger partial charge in [-0.15, -0.1) is 0 Å². The van der Waals surface area contributed by atoms with E-state index in [1.807, 2.05) is 29.2 Å². The van der Waals surface area contributed by atoms with E-state index >= 15 is 0 Å². The fourth-order valence-electron chi connectivity index (χ4n) is 5.58. The van der Waals surface area contributed by atoms with E-state index in [1.54, 1.807) is 30.3 Å². The lowest BCUT2D eigenvalue weighted by atomic mass is 9.96. The van der Waals surface area contributed by atoms with Gasteiger partial charge in [-0.05, 0) is 61.7 Å². The van der Waals surface area contributed by atoms with Crippen molar-refractivity contribution in [2.75, 3.05) is 63.9 Å². The molecule has 47 heavy (non-hydrogen) atoms. The highest BCUT2D eigenvalue weighted by atomic mass is 35.5. The molecule has 2 saturated heterocycles. The largest absolute Gasteiger partial charge is 0.436 e. The monoisotopic (exact) mass is 684 g/mol. The van der Waals surface area contributed by atoms with Crippen LogP contribution in [0.5, 0.6) is 11.6 Å². The highest BCUT2D eigenvalue weighted by Gasteiger charge is 2.23. The van der Waals surface area contributed by atoms with Gasteiger partial charge in [-0.1, -0.05) is 23.2 Å². The zero-order valence-corrected chi connectivity index (χ0v) is 27.7. The summed E-state index contributed by atoms with van der Waals surface area (Å²) in [6, 6.07) is 9.24. The van der Waals surface area contributed by atoms with Crippen molar-refractivity contribution in [2.24, 2.45) is 11.7 Å². The average Bonchev–Trinajstić information content (AvgIpc) is 3.04. The summed E-state index contributed by atoms with van der Waals surface area (Å²) < 4.78 is 11.2. The Balaban J connectivity index is 1.24. The first-order valence-electron chi connectivity index (χ1n) is 15.4. The van der Waals surface area contributed by atoms with Crippen molar-refractivity contribution in [1.29, 1.82) is 0 Å². The molecule has 2 aliphatic heterocycles. The fourth-order valence-corrected chi connectivity index (χ4v) is 6.11. The van der Waals surface area contributed by atoms with Gasteiger partial charge >= 0.3 is 0 Å². The Morgan fingerprint density at radius 1 is 0.936 bits per heavy atom. The number of piperazine rings is 1. The van der Waals surface area contributed by atoms with Crippen molar-refractivity contribution in [3.8, 4) is 22.9 Å². The first kappa shape index (κ1) is 34.3. The van der Waals surface area contributed by atoms with Crippen LogP contribution in [0, 0.1) is 5.92 Å². The summed E-state index contributed by atoms with van der Waals surface area (Å²) in [6.45, 7) is 6.35. The predicted octanol–water partition coefficient (Wildman–Crippen LogP) is 3.14. The van der Waals surface area contributed by atoms with Crippen LogP contribution < -0.4 is 20.7 Å². The van der Waals surface area contributed by atoms with Crippen LogP contribution in [0.4, 0.5) is 5.95 Å². The zero-order chi connectivity index (χ0) is 33.3. The van der Waals surface area contributed by atoms with Gasteiger partial charge in [0.05, 0.1) is 18.1 Å². The number of nitrogens with two attached hydrogens (primary N) is 1. The molecule has 0 radical (unpaired) electrons. The quantitative estimate of drug-likeness (QED) is 0.291. The third-order valence-corrected chi connectivity index (χ3v) is 8.43. The van der Waals surface area contributed by atoms with Gasteiger partial charge in [0.15, 0.2) is 5.75 Å². The number of nitrogens with zero attached hydrogens (tertiary/aromatic N) is 6. The molecule has 2 fully saturated rings. The minimum Gasteiger partial charge on any atom is -0.436 e. The molecule has 0 saturated carbocycles. The maximum absolute atomic E-state index is 12.3. The van der Waals surface area contributed by atoms with E-state index in [4.69, 9.17) is 43.4 Å². The molecule has 4 heterocycles. The molecule has 3 aromatic rings. The number of benzene rings is 1. The summed E-state index contributed by atoms with van der Waals surface area (Å²) in [5.41, 5.74) is 7.52. The van der Waals surface area contributed by atoms with E-state index in [9.17, 15) is 14.4 Å². The lowest BCUT2D eigenvalue weighted by Gasteiger charge is -2.34. The molecule has 13 nitrogen and oxygen atoms in total. The lowest BCUT2D eigenvalue weighted by Crippen LogP contribution is -2.50. The summed E-state index contributed by atoms with van der Waals surface area (Å²) in [4.78, 5) is 54.3. The van der Waals surface area contributed by atoms with Gasteiger partial charge in [-0.3, -0.25) is 19.3 Å². The van der Waals surface area contributed by atoms with Crippen LogP contribution >= 0.6 is 23.2 Å². The molecule has 0 spiro atoms. The van der Waals surface area contributed by atoms with E-state index < -0.39 is 5.91 Å². The molecule has 2 aromatic heterocycles. The van der Waals surface area contributed by atoms with Gasteiger partial charge in [0.1, 0.15) is 13.2 Å². The van der Waals surface area contributed by atoms with Crippen molar-refractivity contribution in [2.45, 2.75) is 26.3 Å². The number of ether oxygens (including phenoxy) is 2. The predicted molar refractivity (Wildman–Crippen MR) is 177 cm³/mol. The molecular formula is C32H38Cl2N8O5. The Labute approximate surface area is 283 Å². The third-order valence-electron chi connectivity index (χ3n) is 7.99. The zero-order valence-electron chi connectivity index (χ0n) is 26.2. The number of primary amides is 1. The van der Waals surface area contributed by atoms with Crippen LogP contribution in [0.1, 0.15) is 25.3 Å². The highest BCUT2D eigenvalue weighted by molar-refractivity contribution is 6.35. The van der Waals surface area contributed by atoms with E-state index in [-0.39, 0.29) is 25.0 Å².